The van der Waals surface area contributed by atoms with Crippen molar-refractivity contribution in [2.24, 2.45) is 12.8 Å². The Bertz CT molecular complexity index is 541. The maximum atomic E-state index is 10.5. The number of nitrogens with zero attached hydrogens (tertiary/aromatic N) is 3. The lowest BCUT2D eigenvalue weighted by Crippen LogP contribution is -2.05. The summed E-state index contributed by atoms with van der Waals surface area (Å²) >= 11 is 0. The Labute approximate surface area is 86.2 Å². The summed E-state index contributed by atoms with van der Waals surface area (Å²) in [4.78, 5) is 10.5. The van der Waals surface area contributed by atoms with Crippen molar-refractivity contribution >= 4 is 23.0 Å². The van der Waals surface area contributed by atoms with Crippen LogP contribution in [0.4, 0.5) is 0 Å². The van der Waals surface area contributed by atoms with Crippen LogP contribution in [0.3, 0.4) is 0 Å². The lowest BCUT2D eigenvalue weighted by Gasteiger charge is -1.93. The van der Waals surface area contributed by atoms with Crippen LogP contribution in [0, 0.1) is 0 Å². The van der Waals surface area contributed by atoms with Crippen LogP contribution in [0.1, 0.15) is 5.56 Å². The smallest absolute Gasteiger partial charge is 0.241 e. The van der Waals surface area contributed by atoms with Crippen molar-refractivity contribution in [2.75, 3.05) is 0 Å². The minimum absolute atomic E-state index is 0.464. The first kappa shape index (κ1) is 9.39. The first-order valence-corrected chi connectivity index (χ1v) is 4.44. The highest BCUT2D eigenvalue weighted by Crippen LogP contribution is 2.13. The van der Waals surface area contributed by atoms with Crippen molar-refractivity contribution < 1.29 is 4.79 Å². The summed E-state index contributed by atoms with van der Waals surface area (Å²) in [6.07, 6.45) is 2.97. The van der Waals surface area contributed by atoms with E-state index in [9.17, 15) is 4.79 Å². The maximum Gasteiger partial charge on any atom is 0.241 e. The largest absolute Gasteiger partial charge is 0.366 e. The summed E-state index contributed by atoms with van der Waals surface area (Å²) in [7, 11) is 1.83. The van der Waals surface area contributed by atoms with Crippen molar-refractivity contribution in [3.05, 3.63) is 29.8 Å². The first-order valence-electron chi connectivity index (χ1n) is 4.44. The van der Waals surface area contributed by atoms with Gasteiger partial charge < -0.3 is 5.73 Å². The predicted molar refractivity (Wildman–Crippen MR) is 56.7 cm³/mol. The van der Waals surface area contributed by atoms with Crippen molar-refractivity contribution in [3.8, 4) is 0 Å². The molecule has 0 aliphatic heterocycles. The van der Waals surface area contributed by atoms with E-state index >= 15 is 0 Å². The highest BCUT2D eigenvalue weighted by molar-refractivity contribution is 5.91. The lowest BCUT2D eigenvalue weighted by atomic mass is 10.2. The molecule has 0 atom stereocenters. The van der Waals surface area contributed by atoms with E-state index in [-0.39, 0.29) is 0 Å². The van der Waals surface area contributed by atoms with E-state index in [1.54, 1.807) is 10.8 Å². The number of carbonyl (C=O) groups is 1. The topological polar surface area (TPSA) is 73.8 Å². The Morgan fingerprint density at radius 1 is 1.53 bits per heavy atom. The number of rotatable bonds is 2. The molecule has 1 heterocycles. The molecule has 2 N–H and O–H groups in total. The molecule has 5 nitrogen and oxygen atoms in total. The van der Waals surface area contributed by atoms with Gasteiger partial charge in [-0.1, -0.05) is 11.3 Å². The highest BCUT2D eigenvalue weighted by atomic mass is 16.1. The van der Waals surface area contributed by atoms with Gasteiger partial charge in [0.1, 0.15) is 5.52 Å². The van der Waals surface area contributed by atoms with Gasteiger partial charge in [0.2, 0.25) is 5.91 Å². The van der Waals surface area contributed by atoms with Crippen LogP contribution in [0.2, 0.25) is 0 Å². The fraction of sp³-hybridized carbons (Fsp3) is 0.100. The van der Waals surface area contributed by atoms with Gasteiger partial charge in [-0.05, 0) is 23.8 Å². The molecular formula is C10H10N4O. The molecule has 2 rings (SSSR count). The third-order valence-electron chi connectivity index (χ3n) is 2.07. The number of aromatic nitrogens is 3. The van der Waals surface area contributed by atoms with Crippen LogP contribution in [0.15, 0.2) is 24.3 Å². The zero-order chi connectivity index (χ0) is 10.8. The van der Waals surface area contributed by atoms with E-state index in [0.29, 0.717) is 0 Å². The SMILES string of the molecule is Cn1nnc2cc(/C=C\C(N)=O)ccc21. The summed E-state index contributed by atoms with van der Waals surface area (Å²) in [6.45, 7) is 0. The second-order valence-corrected chi connectivity index (χ2v) is 3.20. The standard InChI is InChI=1S/C10H10N4O/c1-14-9-4-2-7(3-5-10(11)15)6-8(9)12-13-14/h2-6H,1H3,(H2,11,15)/b5-3-. The Hall–Kier alpha value is -2.17. The zero-order valence-corrected chi connectivity index (χ0v) is 8.21. The molecule has 0 aliphatic rings. The molecule has 0 bridgehead atoms. The Morgan fingerprint density at radius 2 is 2.33 bits per heavy atom. The Balaban J connectivity index is 2.43. The lowest BCUT2D eigenvalue weighted by molar-refractivity contribution is -0.113. The minimum atomic E-state index is -0.464. The molecule has 1 amide bonds. The molecule has 0 fully saturated rings. The Kier molecular flexibility index (Phi) is 2.21. The van der Waals surface area contributed by atoms with Crippen molar-refractivity contribution in [1.29, 1.82) is 0 Å². The molecule has 0 spiro atoms. The minimum Gasteiger partial charge on any atom is -0.366 e. The Morgan fingerprint density at radius 3 is 3.07 bits per heavy atom. The van der Waals surface area contributed by atoms with Crippen LogP contribution in [-0.4, -0.2) is 20.9 Å². The molecule has 0 radical (unpaired) electrons. The summed E-state index contributed by atoms with van der Waals surface area (Å²) in [5, 5.41) is 7.85. The van der Waals surface area contributed by atoms with Crippen LogP contribution < -0.4 is 5.73 Å². The van der Waals surface area contributed by atoms with Gasteiger partial charge in [0.25, 0.3) is 0 Å². The highest BCUT2D eigenvalue weighted by Gasteiger charge is 2.00. The molecule has 5 heteroatoms. The molecule has 15 heavy (non-hydrogen) atoms. The molecule has 76 valence electrons. The maximum absolute atomic E-state index is 10.5. The van der Waals surface area contributed by atoms with Gasteiger partial charge in [-0.15, -0.1) is 5.10 Å². The number of hydrogen-bond acceptors (Lipinski definition) is 3. The van der Waals surface area contributed by atoms with E-state index in [1.807, 2.05) is 25.2 Å². The number of aryl methyl sites for hydroxylation is 1. The van der Waals surface area contributed by atoms with Gasteiger partial charge in [0.05, 0.1) is 5.52 Å². The number of fused-ring (bicyclic) bond motifs is 1. The van der Waals surface area contributed by atoms with Crippen LogP contribution >= 0.6 is 0 Å². The number of hydrogen-bond donors (Lipinski definition) is 1. The molecule has 0 saturated heterocycles. The average molecular weight is 202 g/mol. The van der Waals surface area contributed by atoms with Gasteiger partial charge in [0.15, 0.2) is 0 Å². The van der Waals surface area contributed by atoms with Crippen LogP contribution in [0.5, 0.6) is 0 Å². The summed E-state index contributed by atoms with van der Waals surface area (Å²) in [5.41, 5.74) is 7.62. The second-order valence-electron chi connectivity index (χ2n) is 3.20. The summed E-state index contributed by atoms with van der Waals surface area (Å²) in [5.74, 6) is -0.464. The second kappa shape index (κ2) is 3.53. The van der Waals surface area contributed by atoms with E-state index in [1.165, 1.54) is 6.08 Å². The molecule has 1 aromatic carbocycles. The number of carbonyl (C=O) groups excluding carboxylic acids is 1. The van der Waals surface area contributed by atoms with Gasteiger partial charge >= 0.3 is 0 Å². The summed E-state index contributed by atoms with van der Waals surface area (Å²) in [6, 6.07) is 5.63. The average Bonchev–Trinajstić information content (AvgIpc) is 2.57. The van der Waals surface area contributed by atoms with Crippen LogP contribution in [0.25, 0.3) is 17.1 Å². The van der Waals surface area contributed by atoms with Gasteiger partial charge in [-0.25, -0.2) is 4.68 Å². The molecule has 0 saturated carbocycles. The fourth-order valence-electron chi connectivity index (χ4n) is 1.34. The fourth-order valence-corrected chi connectivity index (χ4v) is 1.34. The molecular weight excluding hydrogens is 192 g/mol. The normalized spacial score (nSPS) is 11.3. The van der Waals surface area contributed by atoms with Crippen molar-refractivity contribution in [3.63, 3.8) is 0 Å². The third-order valence-corrected chi connectivity index (χ3v) is 2.07. The molecule has 1 aromatic heterocycles. The van der Waals surface area contributed by atoms with Gasteiger partial charge in [-0.3, -0.25) is 4.79 Å². The number of primary amides is 1. The quantitative estimate of drug-likeness (QED) is 0.719. The number of nitrogens with two attached hydrogens (primary N) is 1. The summed E-state index contributed by atoms with van der Waals surface area (Å²) < 4.78 is 1.69. The van der Waals surface area contributed by atoms with E-state index in [0.717, 1.165) is 16.6 Å². The molecule has 2 aromatic rings. The van der Waals surface area contributed by atoms with Crippen molar-refractivity contribution in [1.82, 2.24) is 15.0 Å². The van der Waals surface area contributed by atoms with Gasteiger partial charge in [0, 0.05) is 13.1 Å². The molecule has 0 aliphatic carbocycles. The number of benzene rings is 1. The van der Waals surface area contributed by atoms with Crippen LogP contribution in [-0.2, 0) is 11.8 Å². The van der Waals surface area contributed by atoms with E-state index in [4.69, 9.17) is 5.73 Å². The first-order chi connectivity index (χ1) is 7.16. The number of amides is 1. The zero-order valence-electron chi connectivity index (χ0n) is 8.21. The van der Waals surface area contributed by atoms with Gasteiger partial charge in [-0.2, -0.15) is 0 Å². The van der Waals surface area contributed by atoms with Crippen molar-refractivity contribution in [2.45, 2.75) is 0 Å². The predicted octanol–water partition coefficient (Wildman–Crippen LogP) is 0.467. The third kappa shape index (κ3) is 1.85. The monoisotopic (exact) mass is 202 g/mol. The van der Waals surface area contributed by atoms with E-state index < -0.39 is 5.91 Å². The van der Waals surface area contributed by atoms with E-state index in [2.05, 4.69) is 10.3 Å². The molecule has 0 unspecified atom stereocenters.